The van der Waals surface area contributed by atoms with Crippen LogP contribution in [-0.2, 0) is 27.4 Å². The number of nitrogens with two attached hydrogens (primary N) is 1. The third-order valence-electron chi connectivity index (χ3n) is 6.25. The van der Waals surface area contributed by atoms with E-state index in [0.717, 1.165) is 24.1 Å². The van der Waals surface area contributed by atoms with Gasteiger partial charge in [0, 0.05) is 18.8 Å². The van der Waals surface area contributed by atoms with Crippen LogP contribution in [0.3, 0.4) is 0 Å². The Morgan fingerprint density at radius 2 is 1.84 bits per heavy atom. The van der Waals surface area contributed by atoms with Gasteiger partial charge in [0.25, 0.3) is 5.92 Å². The molecule has 1 aliphatic heterocycles. The van der Waals surface area contributed by atoms with Crippen LogP contribution >= 0.6 is 12.4 Å². The van der Waals surface area contributed by atoms with Crippen molar-refractivity contribution in [1.82, 2.24) is 0 Å². The van der Waals surface area contributed by atoms with Crippen LogP contribution in [0.4, 0.5) is 32.0 Å². The number of rotatable bonds is 6. The Labute approximate surface area is 219 Å². The highest BCUT2D eigenvalue weighted by molar-refractivity contribution is 7.91. The van der Waals surface area contributed by atoms with Crippen molar-refractivity contribution in [3.8, 4) is 5.75 Å². The van der Waals surface area contributed by atoms with Gasteiger partial charge in [0.05, 0.1) is 47.2 Å². The van der Waals surface area contributed by atoms with Gasteiger partial charge >= 0.3 is 6.18 Å². The largest absolute Gasteiger partial charge is 0.496 e. The Bertz CT molecular complexity index is 1400. The highest BCUT2D eigenvalue weighted by Gasteiger charge is 2.57. The molecule has 38 heavy (non-hydrogen) atoms. The van der Waals surface area contributed by atoms with Crippen molar-refractivity contribution in [1.29, 1.82) is 0 Å². The van der Waals surface area contributed by atoms with Crippen molar-refractivity contribution in [2.75, 3.05) is 17.8 Å². The van der Waals surface area contributed by atoms with Gasteiger partial charge in [-0.15, -0.1) is 12.4 Å². The molecule has 0 aromatic heterocycles. The van der Waals surface area contributed by atoms with Gasteiger partial charge in [-0.05, 0) is 29.8 Å². The number of Topliss-reactive ketones (excluding diaryl/α,β-unsaturated/α-hetero) is 1. The number of anilines is 1. The monoisotopic (exact) mass is 586 g/mol. The molecule has 0 radical (unpaired) electrons. The second-order valence-corrected chi connectivity index (χ2v) is 10.9. The van der Waals surface area contributed by atoms with E-state index in [1.165, 1.54) is 6.07 Å². The number of ether oxygens (including phenoxy) is 1. The lowest BCUT2D eigenvalue weighted by atomic mass is 10.0. The number of hydrogen-bond donors (Lipinski definition) is 1. The molecule has 7 nitrogen and oxygen atoms in total. The number of ketones is 1. The van der Waals surface area contributed by atoms with E-state index in [9.17, 15) is 44.3 Å². The van der Waals surface area contributed by atoms with Crippen LogP contribution in [0.2, 0.25) is 0 Å². The van der Waals surface area contributed by atoms with Crippen LogP contribution < -0.4 is 15.4 Å². The smallest absolute Gasteiger partial charge is 0.419 e. The van der Waals surface area contributed by atoms with E-state index in [0.29, 0.717) is 12.1 Å². The average molecular weight is 587 g/mol. The third kappa shape index (κ3) is 5.61. The van der Waals surface area contributed by atoms with Gasteiger partial charge in [0.1, 0.15) is 11.6 Å². The van der Waals surface area contributed by atoms with E-state index >= 15 is 0 Å². The molecular formula is C23H21ClF6N2O5S. The molecule has 1 unspecified atom stereocenters. The summed E-state index contributed by atoms with van der Waals surface area (Å²) in [7, 11) is -3.35. The summed E-state index contributed by atoms with van der Waals surface area (Å²) >= 11 is 0. The maximum atomic E-state index is 14.8. The molecule has 0 saturated heterocycles. The van der Waals surface area contributed by atoms with Gasteiger partial charge in [-0.3, -0.25) is 9.59 Å². The lowest BCUT2D eigenvalue weighted by Gasteiger charge is -2.25. The fourth-order valence-corrected chi connectivity index (χ4v) is 5.74. The second kappa shape index (κ2) is 10.0. The van der Waals surface area contributed by atoms with Crippen molar-refractivity contribution < 1.29 is 49.1 Å². The van der Waals surface area contributed by atoms with Gasteiger partial charge in [-0.2, -0.15) is 13.2 Å². The fraction of sp³-hybridized carbons (Fsp3) is 0.391. The molecule has 1 aliphatic carbocycles. The van der Waals surface area contributed by atoms with E-state index < -0.39 is 104 Å². The third-order valence-corrected chi connectivity index (χ3v) is 8.05. The van der Waals surface area contributed by atoms with Crippen molar-refractivity contribution in [3.63, 3.8) is 0 Å². The molecule has 15 heteroatoms. The van der Waals surface area contributed by atoms with Crippen molar-refractivity contribution in [2.24, 2.45) is 11.7 Å². The molecule has 2 atom stereocenters. The van der Waals surface area contributed by atoms with Gasteiger partial charge < -0.3 is 15.4 Å². The number of carbonyl (C=O) groups is 2. The quantitative estimate of drug-likeness (QED) is 0.403. The van der Waals surface area contributed by atoms with Gasteiger partial charge in [-0.1, -0.05) is 6.07 Å². The molecule has 2 aliphatic rings. The Kier molecular flexibility index (Phi) is 7.85. The van der Waals surface area contributed by atoms with Crippen LogP contribution in [0.1, 0.15) is 34.3 Å². The number of amides is 1. The zero-order valence-electron chi connectivity index (χ0n) is 19.5. The SMILES string of the molecule is COc1ccc(CN2C(=O)[C@@H](N)CS(=O)(=O)c3cc(F)c(C(=O)CC4CC4(F)F)cc32)cc1C(F)(F)F.Cl. The molecule has 208 valence electrons. The first kappa shape index (κ1) is 29.7. The summed E-state index contributed by atoms with van der Waals surface area (Å²) in [5, 5.41) is 0. The maximum Gasteiger partial charge on any atom is 0.419 e. The summed E-state index contributed by atoms with van der Waals surface area (Å²) in [4.78, 5) is 25.7. The number of alkyl halides is 5. The number of fused-ring (bicyclic) bond motifs is 1. The van der Waals surface area contributed by atoms with Crippen molar-refractivity contribution in [2.45, 2.75) is 42.4 Å². The van der Waals surface area contributed by atoms with E-state index in [1.807, 2.05) is 0 Å². The average Bonchev–Trinajstić information content (AvgIpc) is 3.41. The molecule has 2 aromatic carbocycles. The summed E-state index contributed by atoms with van der Waals surface area (Å²) in [6.45, 7) is -0.623. The molecule has 2 N–H and O–H groups in total. The minimum atomic E-state index is -4.82. The molecular weight excluding hydrogens is 566 g/mol. The van der Waals surface area contributed by atoms with E-state index in [2.05, 4.69) is 0 Å². The van der Waals surface area contributed by atoms with Gasteiger partial charge in [-0.25, -0.2) is 21.6 Å². The Morgan fingerprint density at radius 1 is 1.21 bits per heavy atom. The van der Waals surface area contributed by atoms with E-state index in [4.69, 9.17) is 10.5 Å². The Morgan fingerprint density at radius 3 is 2.39 bits per heavy atom. The number of methoxy groups -OCH3 is 1. The predicted octanol–water partition coefficient (Wildman–Crippen LogP) is 4.15. The lowest BCUT2D eigenvalue weighted by molar-refractivity contribution is -0.138. The normalized spacial score (nSPS) is 21.7. The standard InChI is InChI=1S/C23H20F6N2O5S.ClH/c1-36-19-3-2-11(4-14(19)23(27,28)29)9-31-17-6-13(18(32)5-12-8-22(12,25)26)15(24)7-20(17)37(34,35)10-16(30)21(31)33;/h2-4,6-7,12,16H,5,8-10,30H2,1H3;1H/t12?,16-;/m0./s1. The molecule has 1 fully saturated rings. The number of nitrogens with zero attached hydrogens (tertiary/aromatic N) is 1. The summed E-state index contributed by atoms with van der Waals surface area (Å²) in [6, 6.07) is 2.50. The predicted molar refractivity (Wildman–Crippen MR) is 125 cm³/mol. The molecule has 1 heterocycles. The molecule has 4 rings (SSSR count). The first-order valence-corrected chi connectivity index (χ1v) is 12.5. The van der Waals surface area contributed by atoms with Crippen LogP contribution in [0.15, 0.2) is 35.2 Å². The van der Waals surface area contributed by atoms with Gasteiger partial charge in [0.2, 0.25) is 5.91 Å². The summed E-state index contributed by atoms with van der Waals surface area (Å²) in [6.07, 6.45) is -6.09. The number of sulfone groups is 1. The number of carbonyl (C=O) groups excluding carboxylic acids is 2. The number of hydrogen-bond acceptors (Lipinski definition) is 6. The number of halogens is 7. The highest BCUT2D eigenvalue weighted by atomic mass is 35.5. The van der Waals surface area contributed by atoms with Crippen LogP contribution in [0.5, 0.6) is 5.75 Å². The molecule has 2 aromatic rings. The highest BCUT2D eigenvalue weighted by Crippen LogP contribution is 2.51. The Balaban J connectivity index is 0.00000400. The summed E-state index contributed by atoms with van der Waals surface area (Å²) in [5.41, 5.74) is 3.27. The minimum Gasteiger partial charge on any atom is -0.496 e. The molecule has 0 spiro atoms. The first-order valence-electron chi connectivity index (χ1n) is 10.8. The first-order chi connectivity index (χ1) is 17.0. The zero-order chi connectivity index (χ0) is 27.5. The number of benzene rings is 2. The lowest BCUT2D eigenvalue weighted by Crippen LogP contribution is -2.45. The van der Waals surface area contributed by atoms with Crippen LogP contribution in [0, 0.1) is 11.7 Å². The fourth-order valence-electron chi connectivity index (χ4n) is 4.18. The Hall–Kier alpha value is -2.84. The van der Waals surface area contributed by atoms with E-state index in [1.54, 1.807) is 0 Å². The van der Waals surface area contributed by atoms with E-state index in [-0.39, 0.29) is 18.0 Å². The van der Waals surface area contributed by atoms with Crippen molar-refractivity contribution >= 4 is 39.6 Å². The van der Waals surface area contributed by atoms with Crippen LogP contribution in [-0.4, -0.2) is 44.9 Å². The zero-order valence-corrected chi connectivity index (χ0v) is 21.2. The minimum absolute atomic E-state index is 0. The maximum absolute atomic E-state index is 14.8. The molecule has 1 amide bonds. The molecule has 1 saturated carbocycles. The van der Waals surface area contributed by atoms with Gasteiger partial charge in [0.15, 0.2) is 15.6 Å². The summed E-state index contributed by atoms with van der Waals surface area (Å²) < 4.78 is 112. The molecule has 0 bridgehead atoms. The van der Waals surface area contributed by atoms with Crippen LogP contribution in [0.25, 0.3) is 0 Å². The topological polar surface area (TPSA) is 107 Å². The summed E-state index contributed by atoms with van der Waals surface area (Å²) in [5.74, 6) is -9.14. The second-order valence-electron chi connectivity index (χ2n) is 8.93. The van der Waals surface area contributed by atoms with Crippen molar-refractivity contribution in [3.05, 3.63) is 52.8 Å².